The number of hydrogen-bond donors (Lipinski definition) is 1. The lowest BCUT2D eigenvalue weighted by atomic mass is 10.2. The first-order valence-electron chi connectivity index (χ1n) is 5.80. The molecule has 20 heavy (non-hydrogen) atoms. The number of rotatable bonds is 6. The van der Waals surface area contributed by atoms with Gasteiger partial charge in [-0.25, -0.2) is 0 Å². The van der Waals surface area contributed by atoms with Crippen LogP contribution in [0.25, 0.3) is 0 Å². The third-order valence-electron chi connectivity index (χ3n) is 2.64. The van der Waals surface area contributed by atoms with Crippen molar-refractivity contribution in [3.8, 4) is 0 Å². The van der Waals surface area contributed by atoms with Gasteiger partial charge in [0.2, 0.25) is 0 Å². The van der Waals surface area contributed by atoms with E-state index in [1.165, 1.54) is 6.07 Å². The fourth-order valence-electron chi connectivity index (χ4n) is 1.80. The lowest BCUT2D eigenvalue weighted by Crippen LogP contribution is -2.28. The van der Waals surface area contributed by atoms with Crippen LogP contribution in [0.3, 0.4) is 0 Å². The number of aliphatic carboxylic acids is 1. The number of nitrogens with zero attached hydrogens (tertiary/aromatic N) is 2. The van der Waals surface area contributed by atoms with Gasteiger partial charge < -0.3 is 10.0 Å². The highest BCUT2D eigenvalue weighted by Gasteiger charge is 2.15. The Labute approximate surface area is 119 Å². The summed E-state index contributed by atoms with van der Waals surface area (Å²) in [5, 5.41) is 21.4. The molecule has 0 spiro atoms. The van der Waals surface area contributed by atoms with Gasteiger partial charge in [0.05, 0.1) is 4.92 Å². The zero-order valence-corrected chi connectivity index (χ0v) is 11.2. The minimum absolute atomic E-state index is 0.0586. The number of thiophene rings is 1. The lowest BCUT2D eigenvalue weighted by Gasteiger charge is -2.22. The standard InChI is InChI=1S/C13H12N2O4S/c16-13(17)8-14(11-4-2-1-3-5-11)7-10-6-12(15(18)19)20-9-10/h1-6,9H,7-8H2,(H,16,17). The summed E-state index contributed by atoms with van der Waals surface area (Å²) in [4.78, 5) is 22.8. The molecule has 0 amide bonds. The van der Waals surface area contributed by atoms with Crippen LogP contribution in [0.4, 0.5) is 10.7 Å². The molecule has 7 heteroatoms. The van der Waals surface area contributed by atoms with E-state index >= 15 is 0 Å². The molecule has 104 valence electrons. The maximum absolute atomic E-state index is 10.9. The maximum atomic E-state index is 10.9. The second-order valence-corrected chi connectivity index (χ2v) is 5.03. The minimum atomic E-state index is -0.946. The van der Waals surface area contributed by atoms with E-state index < -0.39 is 10.9 Å². The van der Waals surface area contributed by atoms with Gasteiger partial charge >= 0.3 is 11.0 Å². The molecule has 0 radical (unpaired) electrons. The molecule has 2 aromatic rings. The van der Waals surface area contributed by atoms with Crippen LogP contribution in [0, 0.1) is 10.1 Å². The van der Waals surface area contributed by atoms with Crippen molar-refractivity contribution in [2.24, 2.45) is 0 Å². The van der Waals surface area contributed by atoms with Crippen molar-refractivity contribution in [1.29, 1.82) is 0 Å². The average Bonchev–Trinajstić information content (AvgIpc) is 2.87. The van der Waals surface area contributed by atoms with Crippen molar-refractivity contribution in [2.45, 2.75) is 6.54 Å². The Kier molecular flexibility index (Phi) is 4.31. The lowest BCUT2D eigenvalue weighted by molar-refractivity contribution is -0.380. The molecule has 0 atom stereocenters. The van der Waals surface area contributed by atoms with Crippen LogP contribution in [0.2, 0.25) is 0 Å². The predicted molar refractivity (Wildman–Crippen MR) is 76.1 cm³/mol. The van der Waals surface area contributed by atoms with Crippen molar-refractivity contribution >= 4 is 28.0 Å². The topological polar surface area (TPSA) is 83.7 Å². The van der Waals surface area contributed by atoms with Gasteiger partial charge in [-0.15, -0.1) is 0 Å². The van der Waals surface area contributed by atoms with Crippen LogP contribution in [0.1, 0.15) is 5.56 Å². The Morgan fingerprint density at radius 2 is 2.05 bits per heavy atom. The van der Waals surface area contributed by atoms with Crippen molar-refractivity contribution in [3.05, 3.63) is 57.5 Å². The van der Waals surface area contributed by atoms with E-state index in [2.05, 4.69) is 0 Å². The Hall–Kier alpha value is -2.41. The molecule has 0 saturated carbocycles. The molecule has 0 aliphatic carbocycles. The summed E-state index contributed by atoms with van der Waals surface area (Å²) >= 11 is 1.04. The summed E-state index contributed by atoms with van der Waals surface area (Å²) in [6.07, 6.45) is 0. The number of benzene rings is 1. The van der Waals surface area contributed by atoms with Crippen molar-refractivity contribution in [2.75, 3.05) is 11.4 Å². The van der Waals surface area contributed by atoms with E-state index in [9.17, 15) is 14.9 Å². The zero-order valence-electron chi connectivity index (χ0n) is 10.4. The maximum Gasteiger partial charge on any atom is 0.324 e. The van der Waals surface area contributed by atoms with Crippen LogP contribution < -0.4 is 4.90 Å². The highest BCUT2D eigenvalue weighted by Crippen LogP contribution is 2.25. The van der Waals surface area contributed by atoms with E-state index in [1.54, 1.807) is 10.3 Å². The zero-order chi connectivity index (χ0) is 14.5. The highest BCUT2D eigenvalue weighted by molar-refractivity contribution is 7.13. The van der Waals surface area contributed by atoms with Crippen LogP contribution >= 0.6 is 11.3 Å². The summed E-state index contributed by atoms with van der Waals surface area (Å²) in [5.74, 6) is -0.946. The molecule has 0 unspecified atom stereocenters. The van der Waals surface area contributed by atoms with Crippen molar-refractivity contribution in [3.63, 3.8) is 0 Å². The Morgan fingerprint density at radius 1 is 1.35 bits per heavy atom. The molecular weight excluding hydrogens is 280 g/mol. The number of carboxylic acid groups (broad SMARTS) is 1. The third kappa shape index (κ3) is 3.55. The van der Waals surface area contributed by atoms with Gasteiger partial charge in [0, 0.05) is 23.7 Å². The normalized spacial score (nSPS) is 10.2. The third-order valence-corrected chi connectivity index (χ3v) is 3.57. The largest absolute Gasteiger partial charge is 0.480 e. The van der Waals surface area contributed by atoms with E-state index in [-0.39, 0.29) is 11.5 Å². The molecule has 1 aromatic carbocycles. The summed E-state index contributed by atoms with van der Waals surface area (Å²) in [7, 11) is 0. The molecule has 0 fully saturated rings. The van der Waals surface area contributed by atoms with E-state index in [0.717, 1.165) is 22.6 Å². The number of anilines is 1. The SMILES string of the molecule is O=C(O)CN(Cc1csc([N+](=O)[O-])c1)c1ccccc1. The monoisotopic (exact) mass is 292 g/mol. The van der Waals surface area contributed by atoms with Gasteiger partial charge in [-0.1, -0.05) is 29.5 Å². The Morgan fingerprint density at radius 3 is 2.60 bits per heavy atom. The first-order valence-corrected chi connectivity index (χ1v) is 6.68. The number of nitro groups is 1. The van der Waals surface area contributed by atoms with Gasteiger partial charge in [0.25, 0.3) is 0 Å². The van der Waals surface area contributed by atoms with E-state index in [0.29, 0.717) is 6.54 Å². The molecule has 6 nitrogen and oxygen atoms in total. The molecule has 0 aliphatic heterocycles. The van der Waals surface area contributed by atoms with Gasteiger partial charge in [-0.3, -0.25) is 14.9 Å². The van der Waals surface area contributed by atoms with E-state index in [1.807, 2.05) is 30.3 Å². The Bertz CT molecular complexity index is 612. The summed E-state index contributed by atoms with van der Waals surface area (Å²) in [5.41, 5.74) is 1.50. The quantitative estimate of drug-likeness (QED) is 0.653. The van der Waals surface area contributed by atoms with Gasteiger partial charge in [-0.2, -0.15) is 0 Å². The number of para-hydroxylation sites is 1. The first-order chi connectivity index (χ1) is 9.56. The fraction of sp³-hybridized carbons (Fsp3) is 0.154. The van der Waals surface area contributed by atoms with E-state index in [4.69, 9.17) is 5.11 Å². The molecule has 0 saturated heterocycles. The molecule has 1 aromatic heterocycles. The van der Waals surface area contributed by atoms with Crippen molar-refractivity contribution < 1.29 is 14.8 Å². The minimum Gasteiger partial charge on any atom is -0.480 e. The van der Waals surface area contributed by atoms with Crippen LogP contribution in [-0.2, 0) is 11.3 Å². The molecule has 1 N–H and O–H groups in total. The molecule has 2 rings (SSSR count). The molecule has 0 aliphatic rings. The van der Waals surface area contributed by atoms with Crippen molar-refractivity contribution in [1.82, 2.24) is 0 Å². The number of carbonyl (C=O) groups is 1. The van der Waals surface area contributed by atoms with Crippen LogP contribution in [0.15, 0.2) is 41.8 Å². The molecule has 0 bridgehead atoms. The highest BCUT2D eigenvalue weighted by atomic mass is 32.1. The second kappa shape index (κ2) is 6.16. The summed E-state index contributed by atoms with van der Waals surface area (Å²) in [6, 6.07) is 10.6. The van der Waals surface area contributed by atoms with Crippen LogP contribution in [0.5, 0.6) is 0 Å². The smallest absolute Gasteiger partial charge is 0.324 e. The average molecular weight is 292 g/mol. The number of hydrogen-bond acceptors (Lipinski definition) is 5. The molecular formula is C13H12N2O4S. The van der Waals surface area contributed by atoms with Gasteiger partial charge in [0.15, 0.2) is 0 Å². The first kappa shape index (κ1) is 14.0. The fourth-order valence-corrected chi connectivity index (χ4v) is 2.52. The predicted octanol–water partition coefficient (Wildman–Crippen LogP) is 2.75. The number of carboxylic acids is 1. The second-order valence-electron chi connectivity index (χ2n) is 4.14. The summed E-state index contributed by atoms with van der Waals surface area (Å²) in [6.45, 7) is 0.161. The summed E-state index contributed by atoms with van der Waals surface area (Å²) < 4.78 is 0. The van der Waals surface area contributed by atoms with Crippen LogP contribution in [-0.4, -0.2) is 22.5 Å². The van der Waals surface area contributed by atoms with Gasteiger partial charge in [0.1, 0.15) is 6.54 Å². The van der Waals surface area contributed by atoms with Gasteiger partial charge in [-0.05, 0) is 17.7 Å². The molecule has 1 heterocycles. The Balaban J connectivity index is 2.19.